The van der Waals surface area contributed by atoms with Crippen LogP contribution in [0.15, 0.2) is 0 Å². The van der Waals surface area contributed by atoms with Gasteiger partial charge in [0, 0.05) is 13.1 Å². The SMILES string of the molecule is CC1CCCN(C(=O)N2CCOCC2(C)C)C1C(=O)O. The maximum atomic E-state index is 12.8. The molecule has 2 aliphatic heterocycles. The maximum absolute atomic E-state index is 12.8. The van der Waals surface area contributed by atoms with Crippen LogP contribution in [-0.4, -0.2) is 64.8 Å². The molecule has 2 unspecified atom stereocenters. The molecule has 6 heteroatoms. The number of piperidine rings is 1. The summed E-state index contributed by atoms with van der Waals surface area (Å²) in [5, 5.41) is 9.42. The summed E-state index contributed by atoms with van der Waals surface area (Å²) in [6, 6.07) is -0.882. The summed E-state index contributed by atoms with van der Waals surface area (Å²) in [5.41, 5.74) is -0.390. The zero-order valence-corrected chi connectivity index (χ0v) is 12.5. The number of hydrogen-bond donors (Lipinski definition) is 1. The van der Waals surface area contributed by atoms with Gasteiger partial charge in [-0.05, 0) is 32.6 Å². The number of likely N-dealkylation sites (tertiary alicyclic amines) is 1. The van der Waals surface area contributed by atoms with Crippen LogP contribution in [0.1, 0.15) is 33.6 Å². The van der Waals surface area contributed by atoms with Gasteiger partial charge in [0.05, 0.1) is 18.8 Å². The van der Waals surface area contributed by atoms with Gasteiger partial charge in [-0.25, -0.2) is 9.59 Å². The zero-order valence-electron chi connectivity index (χ0n) is 12.5. The highest BCUT2D eigenvalue weighted by atomic mass is 16.5. The van der Waals surface area contributed by atoms with E-state index in [1.807, 2.05) is 20.8 Å². The van der Waals surface area contributed by atoms with Crippen LogP contribution in [0.2, 0.25) is 0 Å². The third-order valence-corrected chi connectivity index (χ3v) is 4.31. The van der Waals surface area contributed by atoms with Crippen molar-refractivity contribution in [1.82, 2.24) is 9.80 Å². The highest BCUT2D eigenvalue weighted by Crippen LogP contribution is 2.28. The lowest BCUT2D eigenvalue weighted by Gasteiger charge is -2.47. The van der Waals surface area contributed by atoms with Gasteiger partial charge in [0.25, 0.3) is 0 Å². The molecule has 2 atom stereocenters. The Morgan fingerprint density at radius 3 is 2.60 bits per heavy atom. The van der Waals surface area contributed by atoms with Crippen molar-refractivity contribution < 1.29 is 19.4 Å². The molecule has 0 aromatic carbocycles. The average Bonchev–Trinajstić information content (AvgIpc) is 2.36. The zero-order chi connectivity index (χ0) is 14.9. The molecule has 2 heterocycles. The van der Waals surface area contributed by atoms with E-state index in [-0.39, 0.29) is 17.5 Å². The van der Waals surface area contributed by atoms with Crippen LogP contribution >= 0.6 is 0 Å². The maximum Gasteiger partial charge on any atom is 0.326 e. The number of ether oxygens (including phenoxy) is 1. The predicted molar refractivity (Wildman–Crippen MR) is 73.5 cm³/mol. The molecular weight excluding hydrogens is 260 g/mol. The number of hydrogen-bond acceptors (Lipinski definition) is 3. The molecule has 6 nitrogen and oxygen atoms in total. The van der Waals surface area contributed by atoms with E-state index in [2.05, 4.69) is 0 Å². The molecule has 1 N–H and O–H groups in total. The van der Waals surface area contributed by atoms with Crippen LogP contribution < -0.4 is 0 Å². The van der Waals surface area contributed by atoms with Gasteiger partial charge in [0.1, 0.15) is 6.04 Å². The fourth-order valence-electron chi connectivity index (χ4n) is 3.15. The molecule has 2 fully saturated rings. The molecule has 0 aromatic rings. The quantitative estimate of drug-likeness (QED) is 0.790. The van der Waals surface area contributed by atoms with E-state index >= 15 is 0 Å². The standard InChI is InChI=1S/C14H24N2O4/c1-10-5-4-6-15(11(10)12(17)18)13(19)16-7-8-20-9-14(16,2)3/h10-11H,4-9H2,1-3H3,(H,17,18). The second kappa shape index (κ2) is 5.60. The Hall–Kier alpha value is -1.30. The normalized spacial score (nSPS) is 30.1. The topological polar surface area (TPSA) is 70.1 Å². The molecule has 20 heavy (non-hydrogen) atoms. The lowest BCUT2D eigenvalue weighted by atomic mass is 9.91. The van der Waals surface area contributed by atoms with Gasteiger partial charge in [-0.15, -0.1) is 0 Å². The Bertz CT molecular complexity index is 397. The van der Waals surface area contributed by atoms with Crippen molar-refractivity contribution in [2.75, 3.05) is 26.3 Å². The van der Waals surface area contributed by atoms with Crippen LogP contribution in [0.3, 0.4) is 0 Å². The monoisotopic (exact) mass is 284 g/mol. The Kier molecular flexibility index (Phi) is 4.22. The summed E-state index contributed by atoms with van der Waals surface area (Å²) >= 11 is 0. The summed E-state index contributed by atoms with van der Waals surface area (Å²) in [5.74, 6) is -0.911. The van der Waals surface area contributed by atoms with Gasteiger partial charge in [-0.3, -0.25) is 0 Å². The highest BCUT2D eigenvalue weighted by molar-refractivity contribution is 5.83. The minimum Gasteiger partial charge on any atom is -0.480 e. The Morgan fingerprint density at radius 2 is 2.00 bits per heavy atom. The van der Waals surface area contributed by atoms with Crippen LogP contribution in [0.5, 0.6) is 0 Å². The van der Waals surface area contributed by atoms with Crippen molar-refractivity contribution in [2.24, 2.45) is 5.92 Å². The first kappa shape index (κ1) is 15.1. The van der Waals surface area contributed by atoms with Crippen LogP contribution in [0.25, 0.3) is 0 Å². The summed E-state index contributed by atoms with van der Waals surface area (Å²) in [4.78, 5) is 27.5. The number of nitrogens with zero attached hydrogens (tertiary/aromatic N) is 2. The number of carbonyl (C=O) groups is 2. The van der Waals surface area contributed by atoms with Crippen molar-refractivity contribution in [3.63, 3.8) is 0 Å². The number of carboxylic acid groups (broad SMARTS) is 1. The Labute approximate surface area is 119 Å². The van der Waals surface area contributed by atoms with E-state index in [1.54, 1.807) is 4.90 Å². The Morgan fingerprint density at radius 1 is 1.30 bits per heavy atom. The number of morpholine rings is 1. The number of carbonyl (C=O) groups excluding carboxylic acids is 1. The molecule has 0 saturated carbocycles. The molecule has 2 amide bonds. The van der Waals surface area contributed by atoms with Crippen molar-refractivity contribution in [3.8, 4) is 0 Å². The van der Waals surface area contributed by atoms with E-state index in [0.29, 0.717) is 26.3 Å². The number of aliphatic carboxylic acids is 1. The third-order valence-electron chi connectivity index (χ3n) is 4.31. The first-order chi connectivity index (χ1) is 9.34. The van der Waals surface area contributed by atoms with Crippen molar-refractivity contribution in [2.45, 2.75) is 45.2 Å². The first-order valence-corrected chi connectivity index (χ1v) is 7.23. The molecule has 0 aliphatic carbocycles. The van der Waals surface area contributed by atoms with Gasteiger partial charge in [0.15, 0.2) is 0 Å². The molecule has 2 aliphatic rings. The summed E-state index contributed by atoms with van der Waals surface area (Å²) in [6.45, 7) is 7.84. The van der Waals surface area contributed by atoms with Crippen LogP contribution in [0.4, 0.5) is 4.79 Å². The molecule has 2 saturated heterocycles. The van der Waals surface area contributed by atoms with E-state index in [0.717, 1.165) is 12.8 Å². The average molecular weight is 284 g/mol. The molecule has 0 aromatic heterocycles. The van der Waals surface area contributed by atoms with Gasteiger partial charge < -0.3 is 19.6 Å². The van der Waals surface area contributed by atoms with Crippen LogP contribution in [0, 0.1) is 5.92 Å². The third kappa shape index (κ3) is 2.75. The molecule has 0 bridgehead atoms. The number of urea groups is 1. The van der Waals surface area contributed by atoms with Crippen molar-refractivity contribution in [3.05, 3.63) is 0 Å². The summed E-state index contributed by atoms with van der Waals surface area (Å²) in [6.07, 6.45) is 1.72. The van der Waals surface area contributed by atoms with E-state index in [1.165, 1.54) is 4.90 Å². The van der Waals surface area contributed by atoms with Crippen molar-refractivity contribution >= 4 is 12.0 Å². The van der Waals surface area contributed by atoms with Gasteiger partial charge in [-0.1, -0.05) is 6.92 Å². The summed E-state index contributed by atoms with van der Waals surface area (Å²) in [7, 11) is 0. The molecule has 0 spiro atoms. The molecule has 0 radical (unpaired) electrons. The van der Waals surface area contributed by atoms with E-state index < -0.39 is 12.0 Å². The minimum absolute atomic E-state index is 0.00523. The van der Waals surface area contributed by atoms with E-state index in [9.17, 15) is 14.7 Å². The van der Waals surface area contributed by atoms with E-state index in [4.69, 9.17) is 4.74 Å². The first-order valence-electron chi connectivity index (χ1n) is 7.23. The fraction of sp³-hybridized carbons (Fsp3) is 0.857. The molecule has 114 valence electrons. The van der Waals surface area contributed by atoms with Gasteiger partial charge >= 0.3 is 12.0 Å². The smallest absolute Gasteiger partial charge is 0.326 e. The number of rotatable bonds is 1. The Balaban J connectivity index is 2.19. The molecule has 2 rings (SSSR count). The predicted octanol–water partition coefficient (Wildman–Crippen LogP) is 1.40. The van der Waals surface area contributed by atoms with Crippen LogP contribution in [-0.2, 0) is 9.53 Å². The second-order valence-electron chi connectivity index (χ2n) is 6.40. The van der Waals surface area contributed by atoms with Gasteiger partial charge in [0.2, 0.25) is 0 Å². The minimum atomic E-state index is -0.906. The molecular formula is C14H24N2O4. The number of carboxylic acids is 1. The lowest BCUT2D eigenvalue weighted by Crippen LogP contribution is -2.63. The van der Waals surface area contributed by atoms with Crippen molar-refractivity contribution in [1.29, 1.82) is 0 Å². The summed E-state index contributed by atoms with van der Waals surface area (Å²) < 4.78 is 5.42. The second-order valence-corrected chi connectivity index (χ2v) is 6.40. The largest absolute Gasteiger partial charge is 0.480 e. The van der Waals surface area contributed by atoms with Gasteiger partial charge in [-0.2, -0.15) is 0 Å². The lowest BCUT2D eigenvalue weighted by molar-refractivity contribution is -0.146. The fourth-order valence-corrected chi connectivity index (χ4v) is 3.15. The number of amides is 2. The highest BCUT2D eigenvalue weighted by Gasteiger charge is 2.43.